The van der Waals surface area contributed by atoms with Gasteiger partial charge in [0.15, 0.2) is 6.10 Å². The van der Waals surface area contributed by atoms with Gasteiger partial charge < -0.3 is 25.5 Å². The van der Waals surface area contributed by atoms with E-state index in [1.807, 2.05) is 0 Å². The molecule has 0 amide bonds. The van der Waals surface area contributed by atoms with E-state index in [1.165, 1.54) is 38.5 Å². The van der Waals surface area contributed by atoms with E-state index in [2.05, 4.69) is 6.92 Å². The fourth-order valence-electron chi connectivity index (χ4n) is 2.71. The Balaban J connectivity index is 3.82. The van der Waals surface area contributed by atoms with Crippen LogP contribution in [0.15, 0.2) is 0 Å². The van der Waals surface area contributed by atoms with Crippen molar-refractivity contribution in [1.29, 1.82) is 0 Å². The number of rotatable bonds is 16. The van der Waals surface area contributed by atoms with Crippen LogP contribution in [0.1, 0.15) is 77.6 Å². The number of aliphatic carboxylic acids is 1. The summed E-state index contributed by atoms with van der Waals surface area (Å²) in [6.07, 6.45) is 4.04. The summed E-state index contributed by atoms with van der Waals surface area (Å²) in [7, 11) is 0. The van der Waals surface area contributed by atoms with Crippen LogP contribution in [0, 0.1) is 0 Å². The van der Waals surface area contributed by atoms with E-state index in [1.54, 1.807) is 0 Å². The van der Waals surface area contributed by atoms with E-state index in [4.69, 9.17) is 5.11 Å². The molecular formula is C18H34O7. The van der Waals surface area contributed by atoms with Crippen LogP contribution < -0.4 is 0 Å². The maximum absolute atomic E-state index is 11.1. The number of ketones is 1. The lowest BCUT2D eigenvalue weighted by molar-refractivity contribution is -0.161. The van der Waals surface area contributed by atoms with Gasteiger partial charge in [-0.3, -0.25) is 4.79 Å². The van der Waals surface area contributed by atoms with Crippen molar-refractivity contribution >= 4 is 11.8 Å². The molecule has 148 valence electrons. The van der Waals surface area contributed by atoms with E-state index in [-0.39, 0.29) is 6.42 Å². The summed E-state index contributed by atoms with van der Waals surface area (Å²) >= 11 is 0. The Morgan fingerprint density at radius 3 is 1.60 bits per heavy atom. The molecule has 0 aliphatic rings. The number of unbranched alkanes of at least 4 members (excludes halogenated alkanes) is 9. The minimum atomic E-state index is -2.25. The Hall–Kier alpha value is -1.02. The molecule has 7 nitrogen and oxygen atoms in total. The average molecular weight is 362 g/mol. The summed E-state index contributed by atoms with van der Waals surface area (Å²) in [6.45, 7) is 2.19. The zero-order valence-electron chi connectivity index (χ0n) is 15.1. The van der Waals surface area contributed by atoms with Gasteiger partial charge in [0.25, 0.3) is 5.78 Å². The first-order chi connectivity index (χ1) is 11.8. The van der Waals surface area contributed by atoms with E-state index >= 15 is 0 Å². The average Bonchev–Trinajstić information content (AvgIpc) is 2.60. The SMILES string of the molecule is CCCCCCCCCCCCC(O)[C@H](O)[C@@H](O)[C@@H](O)C(=O)C(=O)O. The van der Waals surface area contributed by atoms with Crippen LogP contribution in [0.2, 0.25) is 0 Å². The first kappa shape index (κ1) is 24.0. The third kappa shape index (κ3) is 10.5. The van der Waals surface area contributed by atoms with Crippen LogP contribution in [-0.4, -0.2) is 61.7 Å². The van der Waals surface area contributed by atoms with Gasteiger partial charge in [0.2, 0.25) is 0 Å². The number of carboxylic acid groups (broad SMARTS) is 1. The Morgan fingerprint density at radius 2 is 1.16 bits per heavy atom. The van der Waals surface area contributed by atoms with Crippen LogP contribution >= 0.6 is 0 Å². The highest BCUT2D eigenvalue weighted by Crippen LogP contribution is 2.15. The monoisotopic (exact) mass is 362 g/mol. The largest absolute Gasteiger partial charge is 0.475 e. The number of carboxylic acids is 1. The molecule has 4 atom stereocenters. The van der Waals surface area contributed by atoms with Crippen molar-refractivity contribution in [3.05, 3.63) is 0 Å². The van der Waals surface area contributed by atoms with Gasteiger partial charge in [-0.15, -0.1) is 0 Å². The van der Waals surface area contributed by atoms with Crippen LogP contribution in [0.3, 0.4) is 0 Å². The molecule has 0 saturated heterocycles. The number of Topliss-reactive ketones (excluding diaryl/α,β-unsaturated/α-hetero) is 1. The molecule has 0 fully saturated rings. The topological polar surface area (TPSA) is 135 Å². The third-order valence-corrected chi connectivity index (χ3v) is 4.40. The Labute approximate surface area is 149 Å². The molecule has 1 unspecified atom stereocenters. The van der Waals surface area contributed by atoms with Crippen molar-refractivity contribution in [2.45, 2.75) is 102 Å². The van der Waals surface area contributed by atoms with E-state index in [9.17, 15) is 30.0 Å². The molecule has 0 rings (SSSR count). The predicted octanol–water partition coefficient (Wildman–Crippen LogP) is 1.39. The number of aliphatic hydroxyl groups is 4. The van der Waals surface area contributed by atoms with Gasteiger partial charge in [0, 0.05) is 0 Å². The van der Waals surface area contributed by atoms with E-state index in [0.717, 1.165) is 19.3 Å². The van der Waals surface area contributed by atoms with Crippen LogP contribution in [0.5, 0.6) is 0 Å². The fraction of sp³-hybridized carbons (Fsp3) is 0.889. The van der Waals surface area contributed by atoms with Crippen molar-refractivity contribution in [2.75, 3.05) is 0 Å². The fourth-order valence-corrected chi connectivity index (χ4v) is 2.71. The summed E-state index contributed by atoms with van der Waals surface area (Å²) in [5.74, 6) is -3.51. The number of aliphatic hydroxyl groups excluding tert-OH is 4. The van der Waals surface area contributed by atoms with E-state index in [0.29, 0.717) is 6.42 Å². The minimum absolute atomic E-state index is 0.211. The lowest BCUT2D eigenvalue weighted by Crippen LogP contribution is -2.49. The quantitative estimate of drug-likeness (QED) is 0.207. The number of hydrogen-bond acceptors (Lipinski definition) is 6. The van der Waals surface area contributed by atoms with Gasteiger partial charge in [-0.25, -0.2) is 4.79 Å². The Bertz CT molecular complexity index is 372. The summed E-state index contributed by atoms with van der Waals surface area (Å²) in [5.41, 5.74) is 0. The highest BCUT2D eigenvalue weighted by Gasteiger charge is 2.36. The second kappa shape index (κ2) is 14.2. The maximum atomic E-state index is 11.1. The molecule has 0 aliphatic carbocycles. The van der Waals surface area contributed by atoms with Gasteiger partial charge in [-0.1, -0.05) is 71.1 Å². The molecule has 0 aromatic heterocycles. The molecule has 0 aromatic carbocycles. The predicted molar refractivity (Wildman–Crippen MR) is 93.1 cm³/mol. The molecule has 0 radical (unpaired) electrons. The first-order valence-corrected chi connectivity index (χ1v) is 9.32. The van der Waals surface area contributed by atoms with Crippen molar-refractivity contribution in [1.82, 2.24) is 0 Å². The van der Waals surface area contributed by atoms with Gasteiger partial charge in [0.1, 0.15) is 12.2 Å². The molecule has 0 heterocycles. The molecular weight excluding hydrogens is 328 g/mol. The summed E-state index contributed by atoms with van der Waals surface area (Å²) in [5, 5.41) is 47.0. The molecule has 7 heteroatoms. The van der Waals surface area contributed by atoms with Gasteiger partial charge in [0.05, 0.1) is 6.10 Å². The molecule has 0 spiro atoms. The second-order valence-corrected chi connectivity index (χ2v) is 6.63. The van der Waals surface area contributed by atoms with Gasteiger partial charge in [-0.05, 0) is 6.42 Å². The van der Waals surface area contributed by atoms with Crippen LogP contribution in [-0.2, 0) is 9.59 Å². The molecule has 0 aromatic rings. The number of hydrogen-bond donors (Lipinski definition) is 5. The zero-order chi connectivity index (χ0) is 19.2. The summed E-state index contributed by atoms with van der Waals surface area (Å²) in [4.78, 5) is 21.5. The smallest absolute Gasteiger partial charge is 0.375 e. The molecule has 0 bridgehead atoms. The molecule has 25 heavy (non-hydrogen) atoms. The highest BCUT2D eigenvalue weighted by atomic mass is 16.4. The highest BCUT2D eigenvalue weighted by molar-refractivity contribution is 6.34. The van der Waals surface area contributed by atoms with Crippen molar-refractivity contribution in [2.24, 2.45) is 0 Å². The molecule has 0 aliphatic heterocycles. The maximum Gasteiger partial charge on any atom is 0.375 e. The minimum Gasteiger partial charge on any atom is -0.475 e. The molecule has 5 N–H and O–H groups in total. The van der Waals surface area contributed by atoms with Gasteiger partial charge in [-0.2, -0.15) is 0 Å². The van der Waals surface area contributed by atoms with Crippen LogP contribution in [0.25, 0.3) is 0 Å². The summed E-state index contributed by atoms with van der Waals surface area (Å²) in [6, 6.07) is 0. The van der Waals surface area contributed by atoms with Crippen molar-refractivity contribution in [3.8, 4) is 0 Å². The van der Waals surface area contributed by atoms with Crippen molar-refractivity contribution in [3.63, 3.8) is 0 Å². The van der Waals surface area contributed by atoms with Gasteiger partial charge >= 0.3 is 5.97 Å². The first-order valence-electron chi connectivity index (χ1n) is 9.32. The Kier molecular flexibility index (Phi) is 13.6. The summed E-state index contributed by atoms with van der Waals surface area (Å²) < 4.78 is 0. The lowest BCUT2D eigenvalue weighted by atomic mass is 9.96. The third-order valence-electron chi connectivity index (χ3n) is 4.40. The van der Waals surface area contributed by atoms with Crippen molar-refractivity contribution < 1.29 is 35.1 Å². The second-order valence-electron chi connectivity index (χ2n) is 6.63. The normalized spacial score (nSPS) is 16.2. The zero-order valence-corrected chi connectivity index (χ0v) is 15.1. The number of carbonyl (C=O) groups is 2. The van der Waals surface area contributed by atoms with Crippen LogP contribution in [0.4, 0.5) is 0 Å². The number of carbonyl (C=O) groups excluding carboxylic acids is 1. The van der Waals surface area contributed by atoms with E-state index < -0.39 is 36.2 Å². The lowest BCUT2D eigenvalue weighted by Gasteiger charge is -2.25. The Morgan fingerprint density at radius 1 is 0.720 bits per heavy atom. The molecule has 0 saturated carbocycles. The standard InChI is InChI=1S/C18H34O7/c1-2-3-4-5-6-7-8-9-10-11-12-13(19)14(20)15(21)16(22)17(23)18(24)25/h13-16,19-22H,2-12H2,1H3,(H,24,25)/t13?,14-,15+,16+/m0/s1.